The highest BCUT2D eigenvalue weighted by molar-refractivity contribution is 5.79. The number of Topliss-reactive ketones (excluding diaryl/α,β-unsaturated/α-hetero) is 1. The topological polar surface area (TPSA) is 137 Å². The second-order valence-corrected chi connectivity index (χ2v) is 15.8. The van der Waals surface area contributed by atoms with Crippen molar-refractivity contribution in [1.82, 2.24) is 0 Å². The molecule has 0 amide bonds. The maximum absolute atomic E-state index is 13.2. The van der Waals surface area contributed by atoms with E-state index in [1.54, 1.807) is 6.92 Å². The quantitative estimate of drug-likeness (QED) is 0.327. The van der Waals surface area contributed by atoms with Gasteiger partial charge in [-0.1, -0.05) is 33.9 Å². The third-order valence-corrected chi connectivity index (χ3v) is 11.9. The Hall–Kier alpha value is -1.25. The first kappa shape index (κ1) is 38.5. The average Bonchev–Trinajstić information content (AvgIpc) is 3.85. The van der Waals surface area contributed by atoms with E-state index >= 15 is 0 Å². The SMILES string of the molecule is C=C1C(C)CC(CC)OC1C[C@@H]1OCCC1CC(=O)CC1CCC2OC3C4OC5CC4OC3C(O5)C2O1.C=C1COC(CC)C1.CC(O)CN. The van der Waals surface area contributed by atoms with Crippen molar-refractivity contribution < 1.29 is 47.8 Å². The summed E-state index contributed by atoms with van der Waals surface area (Å²) in [7, 11) is 0. The molecule has 0 aromatic heterocycles. The van der Waals surface area contributed by atoms with E-state index in [1.165, 1.54) is 11.1 Å². The van der Waals surface area contributed by atoms with Crippen LogP contribution >= 0.6 is 0 Å². The fourth-order valence-electron chi connectivity index (χ4n) is 8.91. The lowest BCUT2D eigenvalue weighted by Crippen LogP contribution is -2.61. The van der Waals surface area contributed by atoms with Crippen molar-refractivity contribution in [2.75, 3.05) is 19.8 Å². The number of carbonyl (C=O) groups excluding carboxylic acids is 1. The van der Waals surface area contributed by atoms with Crippen molar-refractivity contribution in [3.63, 3.8) is 0 Å². The first-order valence-corrected chi connectivity index (χ1v) is 19.5. The number of ether oxygens (including phenoxy) is 8. The van der Waals surface area contributed by atoms with Crippen molar-refractivity contribution in [1.29, 1.82) is 0 Å². The van der Waals surface area contributed by atoms with Crippen LogP contribution in [0.2, 0.25) is 0 Å². The molecule has 9 fully saturated rings. The van der Waals surface area contributed by atoms with Gasteiger partial charge in [0, 0.05) is 38.8 Å². The molecule has 0 radical (unpaired) electrons. The Morgan fingerprint density at radius 1 is 0.840 bits per heavy atom. The van der Waals surface area contributed by atoms with Crippen molar-refractivity contribution in [3.05, 3.63) is 24.3 Å². The zero-order valence-electron chi connectivity index (χ0n) is 30.8. The van der Waals surface area contributed by atoms with Gasteiger partial charge in [-0.2, -0.15) is 0 Å². The zero-order valence-corrected chi connectivity index (χ0v) is 30.8. The van der Waals surface area contributed by atoms with Gasteiger partial charge in [0.2, 0.25) is 0 Å². The van der Waals surface area contributed by atoms with Crippen molar-refractivity contribution in [3.8, 4) is 0 Å². The molecule has 0 aromatic carbocycles. The van der Waals surface area contributed by atoms with Crippen LogP contribution < -0.4 is 5.73 Å². The number of fused-ring (bicyclic) bond motifs is 1. The zero-order chi connectivity index (χ0) is 35.5. The normalized spacial score (nSPS) is 44.9. The summed E-state index contributed by atoms with van der Waals surface area (Å²) < 4.78 is 49.3. The molecule has 6 bridgehead atoms. The van der Waals surface area contributed by atoms with Crippen LogP contribution in [-0.4, -0.2) is 116 Å². The van der Waals surface area contributed by atoms with Crippen LogP contribution in [0.5, 0.6) is 0 Å². The Kier molecular flexibility index (Phi) is 13.3. The standard InChI is InChI=1S/C29H42O8.C7H12O.C3H9NO/c1-4-18-9-14(2)15(3)21(32-18)12-22-16(7-8-31-22)10-17(30)11-19-5-6-20-25(33-19)28-29-27(34-20)26-23(35-29)13-24(36-26)37-28;1-3-7-4-6(2)5-8-7;1-3(5)2-4/h14,16,18-29H,3-13H2,1-2H3;7H,2-5H2,1H3;3,5H,2,4H2,1H3/t14?,16?,18?,19?,20?,21?,22-,23?,24?,25?,26?,27?,28?,29?;;/m0../s1. The highest BCUT2D eigenvalue weighted by Crippen LogP contribution is 2.49. The molecule has 284 valence electrons. The van der Waals surface area contributed by atoms with Crippen molar-refractivity contribution in [2.24, 2.45) is 17.6 Å². The number of aliphatic hydroxyl groups is 1. The van der Waals surface area contributed by atoms with E-state index in [1.807, 2.05) is 0 Å². The van der Waals surface area contributed by atoms with Gasteiger partial charge >= 0.3 is 0 Å². The van der Waals surface area contributed by atoms with Crippen molar-refractivity contribution in [2.45, 2.75) is 184 Å². The van der Waals surface area contributed by atoms with Gasteiger partial charge in [-0.05, 0) is 74.9 Å². The van der Waals surface area contributed by atoms with Gasteiger partial charge in [-0.25, -0.2) is 0 Å². The molecule has 9 aliphatic heterocycles. The Morgan fingerprint density at radius 2 is 1.52 bits per heavy atom. The number of hydrogen-bond acceptors (Lipinski definition) is 11. The minimum absolute atomic E-state index is 0.0194. The number of hydrogen-bond donors (Lipinski definition) is 2. The van der Waals surface area contributed by atoms with Crippen molar-refractivity contribution >= 4 is 5.78 Å². The molecule has 0 aliphatic carbocycles. The number of nitrogens with two attached hydrogens (primary N) is 1. The van der Waals surface area contributed by atoms with Gasteiger partial charge in [-0.15, -0.1) is 0 Å². The summed E-state index contributed by atoms with van der Waals surface area (Å²) in [6.07, 6.45) is 9.00. The molecule has 9 aliphatic rings. The molecular formula is C39H63NO10. The van der Waals surface area contributed by atoms with E-state index in [0.29, 0.717) is 38.0 Å². The summed E-state index contributed by atoms with van der Waals surface area (Å²) in [5, 5.41) is 8.24. The number of ketones is 1. The first-order chi connectivity index (χ1) is 24.1. The molecule has 0 aromatic rings. The Morgan fingerprint density at radius 3 is 2.20 bits per heavy atom. The lowest BCUT2D eigenvalue weighted by atomic mass is 9.83. The maximum atomic E-state index is 13.2. The van der Waals surface area contributed by atoms with Gasteiger partial charge in [0.1, 0.15) is 36.3 Å². The lowest BCUT2D eigenvalue weighted by Gasteiger charge is -2.46. The fourth-order valence-corrected chi connectivity index (χ4v) is 8.91. The minimum atomic E-state index is -0.338. The van der Waals surface area contributed by atoms with E-state index < -0.39 is 0 Å². The number of aliphatic hydroxyl groups excluding tert-OH is 1. The summed E-state index contributed by atoms with van der Waals surface area (Å²) in [6.45, 7) is 18.2. The van der Waals surface area contributed by atoms with Gasteiger partial charge < -0.3 is 48.7 Å². The molecule has 9 rings (SSSR count). The Balaban J connectivity index is 0.000000282. The maximum Gasteiger partial charge on any atom is 0.161 e. The van der Waals surface area contributed by atoms with Gasteiger partial charge in [0.15, 0.2) is 6.29 Å². The Labute approximate surface area is 298 Å². The lowest BCUT2D eigenvalue weighted by molar-refractivity contribution is -0.264. The van der Waals surface area contributed by atoms with Crippen LogP contribution in [0.15, 0.2) is 24.3 Å². The minimum Gasteiger partial charge on any atom is -0.392 e. The molecule has 11 nitrogen and oxygen atoms in total. The summed E-state index contributed by atoms with van der Waals surface area (Å²) in [5.41, 5.74) is 7.34. The van der Waals surface area contributed by atoms with E-state index in [9.17, 15) is 4.79 Å². The van der Waals surface area contributed by atoms with E-state index in [4.69, 9.17) is 48.7 Å². The molecule has 16 atom stereocenters. The smallest absolute Gasteiger partial charge is 0.161 e. The predicted octanol–water partition coefficient (Wildman–Crippen LogP) is 4.55. The molecule has 9 heterocycles. The highest BCUT2D eigenvalue weighted by Gasteiger charge is 2.64. The van der Waals surface area contributed by atoms with E-state index in [-0.39, 0.29) is 91.2 Å². The monoisotopic (exact) mass is 705 g/mol. The van der Waals surface area contributed by atoms with Gasteiger partial charge in [-0.3, -0.25) is 4.79 Å². The van der Waals surface area contributed by atoms with Gasteiger partial charge in [0.05, 0.1) is 55.4 Å². The number of rotatable bonds is 9. The molecular weight excluding hydrogens is 642 g/mol. The van der Waals surface area contributed by atoms with E-state index in [0.717, 1.165) is 64.4 Å². The van der Waals surface area contributed by atoms with Crippen LogP contribution in [0.25, 0.3) is 0 Å². The third-order valence-electron chi connectivity index (χ3n) is 11.9. The highest BCUT2D eigenvalue weighted by atomic mass is 16.8. The molecule has 50 heavy (non-hydrogen) atoms. The molecule has 9 saturated heterocycles. The van der Waals surface area contributed by atoms with Crippen LogP contribution in [0, 0.1) is 11.8 Å². The van der Waals surface area contributed by atoms with Gasteiger partial charge in [0.25, 0.3) is 0 Å². The summed E-state index contributed by atoms with van der Waals surface area (Å²) in [4.78, 5) is 13.2. The molecule has 0 spiro atoms. The molecule has 11 heteroatoms. The van der Waals surface area contributed by atoms with E-state index in [2.05, 4.69) is 33.9 Å². The summed E-state index contributed by atoms with van der Waals surface area (Å²) in [5.74, 6) is 0.951. The molecule has 15 unspecified atom stereocenters. The summed E-state index contributed by atoms with van der Waals surface area (Å²) >= 11 is 0. The summed E-state index contributed by atoms with van der Waals surface area (Å²) in [6, 6.07) is 0. The second kappa shape index (κ2) is 17.3. The average molecular weight is 706 g/mol. The second-order valence-electron chi connectivity index (χ2n) is 15.8. The van der Waals surface area contributed by atoms with Crippen LogP contribution in [0.3, 0.4) is 0 Å². The van der Waals surface area contributed by atoms with Crippen LogP contribution in [0.1, 0.15) is 98.3 Å². The third kappa shape index (κ3) is 8.92. The van der Waals surface area contributed by atoms with Crippen LogP contribution in [-0.2, 0) is 42.7 Å². The molecule has 3 N–H and O–H groups in total. The molecule has 0 saturated carbocycles. The predicted molar refractivity (Wildman–Crippen MR) is 186 cm³/mol. The largest absolute Gasteiger partial charge is 0.392 e. The first-order valence-electron chi connectivity index (χ1n) is 19.5. The fraction of sp³-hybridized carbons (Fsp3) is 0.872. The Bertz CT molecular complexity index is 1170. The number of carbonyl (C=O) groups is 1. The van der Waals surface area contributed by atoms with Crippen LogP contribution in [0.4, 0.5) is 0 Å².